The molecule has 1 saturated heterocycles. The number of fused-ring (bicyclic) bond motifs is 1. The van der Waals surface area contributed by atoms with E-state index < -0.39 is 0 Å². The van der Waals surface area contributed by atoms with Gasteiger partial charge in [-0.3, -0.25) is 4.90 Å². The number of nitrogens with two attached hydrogens (primary N) is 1. The second-order valence-electron chi connectivity index (χ2n) is 5.38. The Bertz CT molecular complexity index is 395. The van der Waals surface area contributed by atoms with Crippen LogP contribution in [0.3, 0.4) is 0 Å². The van der Waals surface area contributed by atoms with Crippen LogP contribution in [0.2, 0.25) is 0 Å². The summed E-state index contributed by atoms with van der Waals surface area (Å²) in [5.74, 6) is 1.19. The number of thioether (sulfide) groups is 1. The van der Waals surface area contributed by atoms with Crippen LogP contribution in [0.25, 0.3) is 0 Å². The molecule has 3 rings (SSSR count). The molecule has 2 unspecified atom stereocenters. The predicted molar refractivity (Wildman–Crippen MR) is 74.0 cm³/mol. The standard InChI is InChI=1S/C14H20N2S/c1-11-6-14(9-15,10-17-11)16-7-12-4-2-3-5-13(12)8-16/h2-5,11H,6-10,15H2,1H3. The van der Waals surface area contributed by atoms with Crippen molar-refractivity contribution in [1.29, 1.82) is 0 Å². The van der Waals surface area contributed by atoms with Crippen LogP contribution in [0, 0.1) is 0 Å². The summed E-state index contributed by atoms with van der Waals surface area (Å²) < 4.78 is 0. The van der Waals surface area contributed by atoms with E-state index in [1.165, 1.54) is 23.3 Å². The molecule has 1 aromatic rings. The summed E-state index contributed by atoms with van der Waals surface area (Å²) in [7, 11) is 0. The molecule has 2 aliphatic heterocycles. The summed E-state index contributed by atoms with van der Waals surface area (Å²) in [5.41, 5.74) is 9.31. The van der Waals surface area contributed by atoms with Crippen molar-refractivity contribution < 1.29 is 0 Å². The molecule has 1 aromatic carbocycles. The number of hydrogen-bond acceptors (Lipinski definition) is 3. The van der Waals surface area contributed by atoms with E-state index in [2.05, 4.69) is 47.9 Å². The van der Waals surface area contributed by atoms with Crippen molar-refractivity contribution in [2.75, 3.05) is 12.3 Å². The minimum Gasteiger partial charge on any atom is -0.329 e. The van der Waals surface area contributed by atoms with Crippen LogP contribution in [-0.4, -0.2) is 28.0 Å². The molecule has 2 N–H and O–H groups in total. The third kappa shape index (κ3) is 1.90. The fourth-order valence-electron chi connectivity index (χ4n) is 3.11. The molecule has 0 aliphatic carbocycles. The summed E-state index contributed by atoms with van der Waals surface area (Å²) in [4.78, 5) is 2.61. The highest BCUT2D eigenvalue weighted by atomic mass is 32.2. The van der Waals surface area contributed by atoms with E-state index >= 15 is 0 Å². The van der Waals surface area contributed by atoms with E-state index in [1.807, 2.05) is 0 Å². The van der Waals surface area contributed by atoms with Gasteiger partial charge in [-0.1, -0.05) is 31.2 Å². The van der Waals surface area contributed by atoms with Gasteiger partial charge in [0.05, 0.1) is 0 Å². The largest absolute Gasteiger partial charge is 0.329 e. The Hall–Kier alpha value is -0.510. The van der Waals surface area contributed by atoms with Gasteiger partial charge >= 0.3 is 0 Å². The first-order chi connectivity index (χ1) is 8.23. The second kappa shape index (κ2) is 4.30. The van der Waals surface area contributed by atoms with Crippen LogP contribution in [0.4, 0.5) is 0 Å². The molecule has 92 valence electrons. The molecule has 0 bridgehead atoms. The van der Waals surface area contributed by atoms with E-state index in [1.54, 1.807) is 0 Å². The van der Waals surface area contributed by atoms with Crippen molar-refractivity contribution in [3.63, 3.8) is 0 Å². The molecule has 17 heavy (non-hydrogen) atoms. The monoisotopic (exact) mass is 248 g/mol. The van der Waals surface area contributed by atoms with Crippen LogP contribution >= 0.6 is 11.8 Å². The molecule has 0 amide bonds. The third-order valence-corrected chi connectivity index (χ3v) is 5.64. The second-order valence-corrected chi connectivity index (χ2v) is 6.81. The normalized spacial score (nSPS) is 32.9. The van der Waals surface area contributed by atoms with Gasteiger partial charge in [-0.15, -0.1) is 0 Å². The van der Waals surface area contributed by atoms with Gasteiger partial charge in [-0.2, -0.15) is 11.8 Å². The molecular formula is C14H20N2S. The van der Waals surface area contributed by atoms with Crippen molar-refractivity contribution in [3.8, 4) is 0 Å². The van der Waals surface area contributed by atoms with Gasteiger partial charge in [0.1, 0.15) is 0 Å². The van der Waals surface area contributed by atoms with Gasteiger partial charge in [-0.25, -0.2) is 0 Å². The zero-order valence-electron chi connectivity index (χ0n) is 10.4. The summed E-state index contributed by atoms with van der Waals surface area (Å²) in [6.45, 7) is 5.28. The fourth-order valence-corrected chi connectivity index (χ4v) is 4.55. The van der Waals surface area contributed by atoms with Crippen LogP contribution in [0.5, 0.6) is 0 Å². The van der Waals surface area contributed by atoms with Crippen LogP contribution in [0.1, 0.15) is 24.5 Å². The van der Waals surface area contributed by atoms with Crippen molar-refractivity contribution in [2.45, 2.75) is 37.2 Å². The van der Waals surface area contributed by atoms with E-state index in [4.69, 9.17) is 5.73 Å². The zero-order chi connectivity index (χ0) is 11.9. The summed E-state index contributed by atoms with van der Waals surface area (Å²) >= 11 is 2.07. The van der Waals surface area contributed by atoms with Crippen LogP contribution in [0.15, 0.2) is 24.3 Å². The first-order valence-electron chi connectivity index (χ1n) is 6.37. The Labute approximate surface area is 108 Å². The molecule has 0 aromatic heterocycles. The topological polar surface area (TPSA) is 29.3 Å². The highest BCUT2D eigenvalue weighted by Gasteiger charge is 2.43. The fraction of sp³-hybridized carbons (Fsp3) is 0.571. The van der Waals surface area contributed by atoms with Gasteiger partial charge < -0.3 is 5.73 Å². The Morgan fingerprint density at radius 1 is 1.35 bits per heavy atom. The smallest absolute Gasteiger partial charge is 0.0439 e. The number of rotatable bonds is 2. The van der Waals surface area contributed by atoms with Gasteiger partial charge in [0.2, 0.25) is 0 Å². The Balaban J connectivity index is 1.83. The molecular weight excluding hydrogens is 228 g/mol. The predicted octanol–water partition coefficient (Wildman–Crippen LogP) is 2.23. The molecule has 2 nitrogen and oxygen atoms in total. The zero-order valence-corrected chi connectivity index (χ0v) is 11.2. The molecule has 3 heteroatoms. The highest BCUT2D eigenvalue weighted by Crippen LogP contribution is 2.41. The number of hydrogen-bond donors (Lipinski definition) is 1. The highest BCUT2D eigenvalue weighted by molar-refractivity contribution is 8.00. The number of benzene rings is 1. The first kappa shape index (κ1) is 11.6. The Morgan fingerprint density at radius 2 is 2.00 bits per heavy atom. The summed E-state index contributed by atoms with van der Waals surface area (Å²) in [6, 6.07) is 8.79. The summed E-state index contributed by atoms with van der Waals surface area (Å²) in [6.07, 6.45) is 1.24. The molecule has 2 aliphatic rings. The average molecular weight is 248 g/mol. The first-order valence-corrected chi connectivity index (χ1v) is 7.42. The van der Waals surface area contributed by atoms with E-state index in [-0.39, 0.29) is 5.54 Å². The lowest BCUT2D eigenvalue weighted by atomic mass is 9.94. The lowest BCUT2D eigenvalue weighted by molar-refractivity contribution is 0.111. The molecule has 0 saturated carbocycles. The molecule has 2 atom stereocenters. The van der Waals surface area contributed by atoms with Crippen molar-refractivity contribution in [1.82, 2.24) is 4.90 Å². The summed E-state index contributed by atoms with van der Waals surface area (Å²) in [5, 5.41) is 0.752. The van der Waals surface area contributed by atoms with Crippen LogP contribution in [-0.2, 0) is 13.1 Å². The lowest BCUT2D eigenvalue weighted by Crippen LogP contribution is -2.52. The van der Waals surface area contributed by atoms with Gasteiger partial charge in [0.25, 0.3) is 0 Å². The number of nitrogens with zero attached hydrogens (tertiary/aromatic N) is 1. The molecule has 0 radical (unpaired) electrons. The van der Waals surface area contributed by atoms with Crippen molar-refractivity contribution >= 4 is 11.8 Å². The molecule has 1 fully saturated rings. The lowest BCUT2D eigenvalue weighted by Gasteiger charge is -2.37. The SMILES string of the molecule is CC1CC(CN)(N2Cc3ccccc3C2)CS1. The Kier molecular flexibility index (Phi) is 2.93. The van der Waals surface area contributed by atoms with E-state index in [0.717, 1.165) is 24.9 Å². The van der Waals surface area contributed by atoms with E-state index in [9.17, 15) is 0 Å². The maximum absolute atomic E-state index is 6.09. The quantitative estimate of drug-likeness (QED) is 0.870. The molecule has 0 spiro atoms. The molecule has 2 heterocycles. The minimum atomic E-state index is 0.239. The average Bonchev–Trinajstić information content (AvgIpc) is 2.93. The maximum Gasteiger partial charge on any atom is 0.0439 e. The van der Waals surface area contributed by atoms with Crippen molar-refractivity contribution in [2.24, 2.45) is 5.73 Å². The van der Waals surface area contributed by atoms with Gasteiger partial charge in [0, 0.05) is 36.2 Å². The van der Waals surface area contributed by atoms with Gasteiger partial charge in [0.15, 0.2) is 0 Å². The maximum atomic E-state index is 6.09. The van der Waals surface area contributed by atoms with Crippen molar-refractivity contribution in [3.05, 3.63) is 35.4 Å². The minimum absolute atomic E-state index is 0.239. The van der Waals surface area contributed by atoms with Gasteiger partial charge in [-0.05, 0) is 17.5 Å². The van der Waals surface area contributed by atoms with E-state index in [0.29, 0.717) is 0 Å². The Morgan fingerprint density at radius 3 is 2.47 bits per heavy atom. The third-order valence-electron chi connectivity index (χ3n) is 4.20. The van der Waals surface area contributed by atoms with Crippen LogP contribution < -0.4 is 5.73 Å².